The zero-order chi connectivity index (χ0) is 12.2. The predicted octanol–water partition coefficient (Wildman–Crippen LogP) is 0.277. The van der Waals surface area contributed by atoms with Gasteiger partial charge in [-0.3, -0.25) is 0 Å². The van der Waals surface area contributed by atoms with Crippen molar-refractivity contribution in [2.24, 2.45) is 5.92 Å². The van der Waals surface area contributed by atoms with Crippen molar-refractivity contribution >= 4 is 10.2 Å². The third-order valence-electron chi connectivity index (χ3n) is 3.10. The molecule has 1 heterocycles. The highest BCUT2D eigenvalue weighted by Crippen LogP contribution is 2.20. The van der Waals surface area contributed by atoms with Crippen molar-refractivity contribution in [3.8, 4) is 0 Å². The van der Waals surface area contributed by atoms with Crippen LogP contribution in [-0.4, -0.2) is 54.9 Å². The molecule has 0 radical (unpaired) electrons. The lowest BCUT2D eigenvalue weighted by molar-refractivity contribution is 0.233. The van der Waals surface area contributed by atoms with Crippen LogP contribution in [0.1, 0.15) is 26.7 Å². The van der Waals surface area contributed by atoms with Crippen LogP contribution < -0.4 is 0 Å². The Kier molecular flexibility index (Phi) is 5.17. The van der Waals surface area contributed by atoms with Crippen LogP contribution in [0.3, 0.4) is 0 Å². The molecule has 96 valence electrons. The van der Waals surface area contributed by atoms with E-state index in [0.29, 0.717) is 25.6 Å². The Balaban J connectivity index is 2.68. The first-order valence-electron chi connectivity index (χ1n) is 5.88. The largest absolute Gasteiger partial charge is 0.395 e. The maximum absolute atomic E-state index is 12.2. The molecule has 0 spiro atoms. The third kappa shape index (κ3) is 3.16. The summed E-state index contributed by atoms with van der Waals surface area (Å²) in [6.45, 7) is 5.61. The minimum Gasteiger partial charge on any atom is -0.395 e. The number of aliphatic hydroxyl groups excluding tert-OH is 1. The van der Waals surface area contributed by atoms with E-state index < -0.39 is 10.2 Å². The van der Waals surface area contributed by atoms with Crippen LogP contribution >= 0.6 is 0 Å². The van der Waals surface area contributed by atoms with E-state index in [4.69, 9.17) is 5.11 Å². The van der Waals surface area contributed by atoms with E-state index in [9.17, 15) is 8.42 Å². The van der Waals surface area contributed by atoms with Gasteiger partial charge < -0.3 is 5.11 Å². The normalized spacial score (nSPS) is 20.5. The van der Waals surface area contributed by atoms with Gasteiger partial charge in [-0.05, 0) is 18.8 Å². The molecule has 0 unspecified atom stereocenters. The maximum atomic E-state index is 12.2. The number of rotatable bonds is 5. The van der Waals surface area contributed by atoms with Crippen LogP contribution in [0.15, 0.2) is 0 Å². The highest BCUT2D eigenvalue weighted by atomic mass is 32.2. The summed E-state index contributed by atoms with van der Waals surface area (Å²) in [7, 11) is -3.35. The second kappa shape index (κ2) is 5.95. The van der Waals surface area contributed by atoms with Crippen molar-refractivity contribution in [3.63, 3.8) is 0 Å². The summed E-state index contributed by atoms with van der Waals surface area (Å²) < 4.78 is 27.2. The molecule has 1 fully saturated rings. The molecule has 0 aromatic heterocycles. The molecule has 1 rings (SSSR count). The van der Waals surface area contributed by atoms with E-state index >= 15 is 0 Å². The molecule has 0 aromatic rings. The van der Waals surface area contributed by atoms with E-state index in [-0.39, 0.29) is 13.2 Å². The van der Waals surface area contributed by atoms with Crippen molar-refractivity contribution in [1.82, 2.24) is 8.61 Å². The van der Waals surface area contributed by atoms with Gasteiger partial charge in [-0.1, -0.05) is 13.8 Å². The Morgan fingerprint density at radius 1 is 1.38 bits per heavy atom. The van der Waals surface area contributed by atoms with Gasteiger partial charge in [-0.25, -0.2) is 0 Å². The molecule has 0 saturated carbocycles. The lowest BCUT2D eigenvalue weighted by atomic mass is 10.0. The summed E-state index contributed by atoms with van der Waals surface area (Å²) in [4.78, 5) is 0. The van der Waals surface area contributed by atoms with Gasteiger partial charge in [0.25, 0.3) is 10.2 Å². The van der Waals surface area contributed by atoms with E-state index in [1.807, 2.05) is 0 Å². The molecule has 0 aliphatic carbocycles. The standard InChI is InChI=1S/C10H22N2O3S/c1-3-11(8-9-13)16(14,15)12-6-4-10(2)5-7-12/h10,13H,3-9H2,1-2H3. The first-order valence-corrected chi connectivity index (χ1v) is 7.28. The van der Waals surface area contributed by atoms with E-state index in [0.717, 1.165) is 12.8 Å². The van der Waals surface area contributed by atoms with Gasteiger partial charge in [-0.15, -0.1) is 0 Å². The maximum Gasteiger partial charge on any atom is 0.282 e. The lowest BCUT2D eigenvalue weighted by Gasteiger charge is -2.33. The molecule has 1 aliphatic heterocycles. The molecule has 16 heavy (non-hydrogen) atoms. The van der Waals surface area contributed by atoms with Crippen LogP contribution in [0.2, 0.25) is 0 Å². The van der Waals surface area contributed by atoms with Crippen LogP contribution in [0.4, 0.5) is 0 Å². The number of likely N-dealkylation sites (N-methyl/N-ethyl adjacent to an activating group) is 1. The van der Waals surface area contributed by atoms with E-state index in [2.05, 4.69) is 6.92 Å². The van der Waals surface area contributed by atoms with Crippen molar-refractivity contribution in [1.29, 1.82) is 0 Å². The molecule has 1 aliphatic rings. The molecule has 0 amide bonds. The summed E-state index contributed by atoms with van der Waals surface area (Å²) in [5.41, 5.74) is 0. The summed E-state index contributed by atoms with van der Waals surface area (Å²) >= 11 is 0. The number of hydrogen-bond acceptors (Lipinski definition) is 3. The first-order chi connectivity index (χ1) is 7.52. The fourth-order valence-corrected chi connectivity index (χ4v) is 3.56. The molecule has 5 nitrogen and oxygen atoms in total. The van der Waals surface area contributed by atoms with Crippen molar-refractivity contribution in [2.45, 2.75) is 26.7 Å². The molecular formula is C10H22N2O3S. The van der Waals surface area contributed by atoms with Crippen LogP contribution in [0.5, 0.6) is 0 Å². The van der Waals surface area contributed by atoms with E-state index in [1.54, 1.807) is 6.92 Å². The third-order valence-corrected chi connectivity index (χ3v) is 5.21. The quantitative estimate of drug-likeness (QED) is 0.762. The minimum atomic E-state index is -3.35. The Bertz CT molecular complexity index is 297. The Hall–Kier alpha value is -0.170. The summed E-state index contributed by atoms with van der Waals surface area (Å²) in [5, 5.41) is 8.85. The average Bonchev–Trinajstić information content (AvgIpc) is 2.26. The van der Waals surface area contributed by atoms with Gasteiger partial charge in [0.15, 0.2) is 0 Å². The summed E-state index contributed by atoms with van der Waals surface area (Å²) in [6.07, 6.45) is 1.85. The fourth-order valence-electron chi connectivity index (χ4n) is 1.93. The second-order valence-corrected chi connectivity index (χ2v) is 6.23. The number of hydrogen-bond donors (Lipinski definition) is 1. The Morgan fingerprint density at radius 2 is 1.94 bits per heavy atom. The molecular weight excluding hydrogens is 228 g/mol. The van der Waals surface area contributed by atoms with Crippen LogP contribution in [0.25, 0.3) is 0 Å². The highest BCUT2D eigenvalue weighted by molar-refractivity contribution is 7.86. The predicted molar refractivity (Wildman–Crippen MR) is 63.2 cm³/mol. The molecule has 1 N–H and O–H groups in total. The molecule has 0 atom stereocenters. The van der Waals surface area contributed by atoms with Gasteiger partial charge in [0.05, 0.1) is 6.61 Å². The van der Waals surface area contributed by atoms with Gasteiger partial charge in [0.1, 0.15) is 0 Å². The molecule has 1 saturated heterocycles. The molecule has 6 heteroatoms. The second-order valence-electron chi connectivity index (χ2n) is 4.30. The Morgan fingerprint density at radius 3 is 2.38 bits per heavy atom. The molecule has 0 bridgehead atoms. The monoisotopic (exact) mass is 250 g/mol. The van der Waals surface area contributed by atoms with Crippen molar-refractivity contribution < 1.29 is 13.5 Å². The zero-order valence-corrected chi connectivity index (χ0v) is 10.9. The zero-order valence-electron chi connectivity index (χ0n) is 10.1. The van der Waals surface area contributed by atoms with Gasteiger partial charge in [0, 0.05) is 26.2 Å². The smallest absolute Gasteiger partial charge is 0.282 e. The summed E-state index contributed by atoms with van der Waals surface area (Å²) in [6, 6.07) is 0. The molecule has 0 aromatic carbocycles. The summed E-state index contributed by atoms with van der Waals surface area (Å²) in [5.74, 6) is 0.611. The van der Waals surface area contributed by atoms with Gasteiger partial charge in [-0.2, -0.15) is 17.0 Å². The minimum absolute atomic E-state index is 0.128. The van der Waals surface area contributed by atoms with Crippen LogP contribution in [0, 0.1) is 5.92 Å². The van der Waals surface area contributed by atoms with Crippen molar-refractivity contribution in [3.05, 3.63) is 0 Å². The van der Waals surface area contributed by atoms with Gasteiger partial charge >= 0.3 is 0 Å². The number of aliphatic hydroxyl groups is 1. The Labute approximate surface area is 98.2 Å². The number of nitrogens with zero attached hydrogens (tertiary/aromatic N) is 2. The highest BCUT2D eigenvalue weighted by Gasteiger charge is 2.30. The first kappa shape index (κ1) is 13.9. The van der Waals surface area contributed by atoms with Gasteiger partial charge in [0.2, 0.25) is 0 Å². The van der Waals surface area contributed by atoms with Crippen LogP contribution in [-0.2, 0) is 10.2 Å². The SMILES string of the molecule is CCN(CCO)S(=O)(=O)N1CCC(C)CC1. The number of piperidine rings is 1. The fraction of sp³-hybridized carbons (Fsp3) is 1.00. The topological polar surface area (TPSA) is 60.9 Å². The lowest BCUT2D eigenvalue weighted by Crippen LogP contribution is -2.47. The van der Waals surface area contributed by atoms with Crippen molar-refractivity contribution in [2.75, 3.05) is 32.8 Å². The average molecular weight is 250 g/mol. The van der Waals surface area contributed by atoms with E-state index in [1.165, 1.54) is 8.61 Å².